The topological polar surface area (TPSA) is 39.7 Å². The lowest BCUT2D eigenvalue weighted by atomic mass is 10.2. The number of hydrogen-bond acceptors (Lipinski definition) is 2. The van der Waals surface area contributed by atoms with Crippen molar-refractivity contribution in [2.45, 2.75) is 32.1 Å². The summed E-state index contributed by atoms with van der Waals surface area (Å²) >= 11 is 3.35. The van der Waals surface area contributed by atoms with Crippen molar-refractivity contribution in [3.05, 3.63) is 34.1 Å². The van der Waals surface area contributed by atoms with Crippen molar-refractivity contribution < 1.29 is 17.6 Å². The molecule has 0 bridgehead atoms. The third-order valence-electron chi connectivity index (χ3n) is 3.78. The fourth-order valence-electron chi connectivity index (χ4n) is 2.69. The summed E-state index contributed by atoms with van der Waals surface area (Å²) in [5, 5.41) is 6.22. The number of nitrogens with one attached hydrogen (secondary N) is 2. The SMILES string of the molecule is CCNC(=NCc1cc(F)ccc1Br)NC1CCN(CC(F)(F)F)C1. The molecule has 1 fully saturated rings. The minimum Gasteiger partial charge on any atom is -0.357 e. The van der Waals surface area contributed by atoms with Gasteiger partial charge < -0.3 is 10.6 Å². The van der Waals surface area contributed by atoms with E-state index in [1.54, 1.807) is 6.07 Å². The molecule has 0 radical (unpaired) electrons. The Labute approximate surface area is 152 Å². The number of likely N-dealkylation sites (tertiary alicyclic amines) is 1. The third kappa shape index (κ3) is 6.81. The summed E-state index contributed by atoms with van der Waals surface area (Å²) in [6, 6.07) is 4.27. The van der Waals surface area contributed by atoms with Crippen LogP contribution in [-0.4, -0.2) is 49.3 Å². The number of aliphatic imine (C=N–C) groups is 1. The fourth-order valence-corrected chi connectivity index (χ4v) is 3.06. The Kier molecular flexibility index (Phi) is 7.06. The quantitative estimate of drug-likeness (QED) is 0.432. The van der Waals surface area contributed by atoms with Crippen LogP contribution in [0.2, 0.25) is 0 Å². The van der Waals surface area contributed by atoms with E-state index in [1.165, 1.54) is 17.0 Å². The molecule has 1 unspecified atom stereocenters. The molecule has 4 nitrogen and oxygen atoms in total. The first kappa shape index (κ1) is 20.0. The molecular formula is C16H21BrF4N4. The van der Waals surface area contributed by atoms with Crippen LogP contribution in [0.3, 0.4) is 0 Å². The summed E-state index contributed by atoms with van der Waals surface area (Å²) in [6.45, 7) is 2.59. The Morgan fingerprint density at radius 1 is 1.40 bits per heavy atom. The van der Waals surface area contributed by atoms with E-state index >= 15 is 0 Å². The molecule has 0 amide bonds. The number of nitrogens with zero attached hydrogens (tertiary/aromatic N) is 2. The van der Waals surface area contributed by atoms with E-state index in [9.17, 15) is 17.6 Å². The monoisotopic (exact) mass is 424 g/mol. The van der Waals surface area contributed by atoms with E-state index in [1.807, 2.05) is 6.92 Å². The zero-order chi connectivity index (χ0) is 18.4. The van der Waals surface area contributed by atoms with Gasteiger partial charge in [0.1, 0.15) is 5.82 Å². The molecule has 0 aromatic heterocycles. The van der Waals surface area contributed by atoms with Gasteiger partial charge in [0.25, 0.3) is 0 Å². The first-order chi connectivity index (χ1) is 11.8. The highest BCUT2D eigenvalue weighted by Crippen LogP contribution is 2.20. The highest BCUT2D eigenvalue weighted by atomic mass is 79.9. The van der Waals surface area contributed by atoms with Gasteiger partial charge in [0, 0.05) is 30.1 Å². The molecule has 1 saturated heterocycles. The van der Waals surface area contributed by atoms with Crippen LogP contribution in [0.15, 0.2) is 27.7 Å². The van der Waals surface area contributed by atoms with Crippen molar-refractivity contribution in [3.8, 4) is 0 Å². The molecule has 2 N–H and O–H groups in total. The van der Waals surface area contributed by atoms with E-state index in [4.69, 9.17) is 0 Å². The summed E-state index contributed by atoms with van der Waals surface area (Å²) in [5.74, 6) is 0.169. The van der Waals surface area contributed by atoms with Gasteiger partial charge in [-0.1, -0.05) is 15.9 Å². The van der Waals surface area contributed by atoms with Crippen LogP contribution in [0, 0.1) is 5.82 Å². The molecule has 0 spiro atoms. The molecule has 1 aromatic carbocycles. The molecule has 1 aliphatic rings. The highest BCUT2D eigenvalue weighted by Gasteiger charge is 2.34. The van der Waals surface area contributed by atoms with E-state index in [-0.39, 0.29) is 18.4 Å². The molecule has 1 heterocycles. The van der Waals surface area contributed by atoms with Crippen molar-refractivity contribution in [2.24, 2.45) is 4.99 Å². The third-order valence-corrected chi connectivity index (χ3v) is 4.55. The minimum atomic E-state index is -4.18. The van der Waals surface area contributed by atoms with Crippen molar-refractivity contribution in [2.75, 3.05) is 26.2 Å². The molecule has 2 rings (SSSR count). The number of halogens is 5. The Balaban J connectivity index is 1.95. The average molecular weight is 425 g/mol. The predicted octanol–water partition coefficient (Wildman–Crippen LogP) is 3.28. The van der Waals surface area contributed by atoms with E-state index < -0.39 is 12.7 Å². The van der Waals surface area contributed by atoms with Crippen LogP contribution >= 0.6 is 15.9 Å². The smallest absolute Gasteiger partial charge is 0.357 e. The summed E-state index contributed by atoms with van der Waals surface area (Å²) < 4.78 is 51.5. The number of guanidine groups is 1. The van der Waals surface area contributed by atoms with Gasteiger partial charge >= 0.3 is 6.18 Å². The molecule has 1 aliphatic heterocycles. The normalized spacial score (nSPS) is 19.3. The van der Waals surface area contributed by atoms with Crippen LogP contribution in [-0.2, 0) is 6.54 Å². The molecular weight excluding hydrogens is 404 g/mol. The van der Waals surface area contributed by atoms with Gasteiger partial charge in [-0.3, -0.25) is 4.90 Å². The number of rotatable bonds is 5. The standard InChI is InChI=1S/C16H21BrF4N4/c1-2-22-15(23-8-11-7-12(18)3-4-14(11)17)24-13-5-6-25(9-13)10-16(19,20)21/h3-4,7,13H,2,5-6,8-10H2,1H3,(H2,22,23,24). The average Bonchev–Trinajstić information content (AvgIpc) is 2.93. The van der Waals surface area contributed by atoms with Crippen LogP contribution < -0.4 is 10.6 Å². The Morgan fingerprint density at radius 2 is 2.16 bits per heavy atom. The lowest BCUT2D eigenvalue weighted by Gasteiger charge is -2.19. The van der Waals surface area contributed by atoms with Crippen molar-refractivity contribution in [1.82, 2.24) is 15.5 Å². The van der Waals surface area contributed by atoms with Crippen LogP contribution in [0.4, 0.5) is 17.6 Å². The maximum Gasteiger partial charge on any atom is 0.401 e. The predicted molar refractivity (Wildman–Crippen MR) is 93.0 cm³/mol. The Hall–Kier alpha value is -1.35. The van der Waals surface area contributed by atoms with Gasteiger partial charge in [0.2, 0.25) is 0 Å². The summed E-state index contributed by atoms with van der Waals surface area (Å²) in [6.07, 6.45) is -3.57. The molecule has 140 valence electrons. The number of hydrogen-bond donors (Lipinski definition) is 2. The lowest BCUT2D eigenvalue weighted by molar-refractivity contribution is -0.143. The maximum atomic E-state index is 13.3. The first-order valence-electron chi connectivity index (χ1n) is 8.04. The second-order valence-corrected chi connectivity index (χ2v) is 6.77. The van der Waals surface area contributed by atoms with Gasteiger partial charge in [-0.2, -0.15) is 13.2 Å². The van der Waals surface area contributed by atoms with Crippen LogP contribution in [0.1, 0.15) is 18.9 Å². The summed E-state index contributed by atoms with van der Waals surface area (Å²) in [4.78, 5) is 5.79. The number of benzene rings is 1. The van der Waals surface area contributed by atoms with Crippen LogP contribution in [0.5, 0.6) is 0 Å². The van der Waals surface area contributed by atoms with Gasteiger partial charge in [-0.25, -0.2) is 9.38 Å². The molecule has 1 atom stereocenters. The zero-order valence-electron chi connectivity index (χ0n) is 13.8. The van der Waals surface area contributed by atoms with Crippen molar-refractivity contribution in [1.29, 1.82) is 0 Å². The van der Waals surface area contributed by atoms with Gasteiger partial charge in [-0.15, -0.1) is 0 Å². The molecule has 0 aliphatic carbocycles. The second-order valence-electron chi connectivity index (χ2n) is 5.91. The van der Waals surface area contributed by atoms with E-state index in [0.29, 0.717) is 37.6 Å². The first-order valence-corrected chi connectivity index (χ1v) is 8.84. The van der Waals surface area contributed by atoms with Gasteiger partial charge in [0.05, 0.1) is 13.1 Å². The lowest BCUT2D eigenvalue weighted by Crippen LogP contribution is -2.45. The molecule has 9 heteroatoms. The Bertz CT molecular complexity index is 606. The van der Waals surface area contributed by atoms with Gasteiger partial charge in [0.15, 0.2) is 5.96 Å². The van der Waals surface area contributed by atoms with E-state index in [0.717, 1.165) is 4.47 Å². The molecule has 0 saturated carbocycles. The highest BCUT2D eigenvalue weighted by molar-refractivity contribution is 9.10. The summed E-state index contributed by atoms with van der Waals surface area (Å²) in [5.41, 5.74) is 0.697. The summed E-state index contributed by atoms with van der Waals surface area (Å²) in [7, 11) is 0. The van der Waals surface area contributed by atoms with Crippen molar-refractivity contribution in [3.63, 3.8) is 0 Å². The van der Waals surface area contributed by atoms with Crippen molar-refractivity contribution >= 4 is 21.9 Å². The van der Waals surface area contributed by atoms with Crippen LogP contribution in [0.25, 0.3) is 0 Å². The molecule has 25 heavy (non-hydrogen) atoms. The maximum absolute atomic E-state index is 13.3. The fraction of sp³-hybridized carbons (Fsp3) is 0.562. The zero-order valence-corrected chi connectivity index (χ0v) is 15.4. The Morgan fingerprint density at radius 3 is 2.84 bits per heavy atom. The number of alkyl halides is 3. The molecule has 1 aromatic rings. The second kappa shape index (κ2) is 8.84. The van der Waals surface area contributed by atoms with E-state index in [2.05, 4.69) is 31.6 Å². The largest absolute Gasteiger partial charge is 0.401 e. The van der Waals surface area contributed by atoms with Gasteiger partial charge in [-0.05, 0) is 37.1 Å². The minimum absolute atomic E-state index is 0.101.